The van der Waals surface area contributed by atoms with Gasteiger partial charge in [0.15, 0.2) is 5.82 Å². The smallest absolute Gasteiger partial charge is 0.239 e. The predicted octanol–water partition coefficient (Wildman–Crippen LogP) is 5.29. The first-order valence-electron chi connectivity index (χ1n) is 11.8. The molecule has 0 saturated carbocycles. The van der Waals surface area contributed by atoms with Gasteiger partial charge < -0.3 is 15.4 Å². The third-order valence-corrected chi connectivity index (χ3v) is 8.20. The molecule has 198 valence electrons. The van der Waals surface area contributed by atoms with Crippen LogP contribution in [0.1, 0.15) is 18.4 Å². The average Bonchev–Trinajstić information content (AvgIpc) is 3.36. The molecule has 0 unspecified atom stereocenters. The molecule has 3 heterocycles. The summed E-state index contributed by atoms with van der Waals surface area (Å²) in [6, 6.07) is 12.4. The molecule has 2 aromatic heterocycles. The van der Waals surface area contributed by atoms with E-state index in [0.29, 0.717) is 27.1 Å². The zero-order valence-electron chi connectivity index (χ0n) is 20.0. The van der Waals surface area contributed by atoms with Gasteiger partial charge in [0.2, 0.25) is 21.9 Å². The van der Waals surface area contributed by atoms with E-state index in [4.69, 9.17) is 16.3 Å². The van der Waals surface area contributed by atoms with E-state index >= 15 is 0 Å². The van der Waals surface area contributed by atoms with Crippen LogP contribution in [0.3, 0.4) is 0 Å². The highest BCUT2D eigenvalue weighted by atomic mass is 35.5. The molecule has 0 spiro atoms. The summed E-state index contributed by atoms with van der Waals surface area (Å²) in [6.07, 6.45) is 3.78. The topological polar surface area (TPSA) is 118 Å². The Hall–Kier alpha value is -3.32. The number of halogens is 2. The van der Waals surface area contributed by atoms with Crippen molar-refractivity contribution in [2.45, 2.75) is 24.6 Å². The lowest BCUT2D eigenvalue weighted by Crippen LogP contribution is -2.38. The summed E-state index contributed by atoms with van der Waals surface area (Å²) in [5.74, 6) is -0.263. The van der Waals surface area contributed by atoms with Gasteiger partial charge in [-0.2, -0.15) is 0 Å². The number of sulfonamides is 1. The molecule has 4 aromatic rings. The van der Waals surface area contributed by atoms with Crippen LogP contribution in [0.5, 0.6) is 11.6 Å². The average molecular weight is 575 g/mol. The van der Waals surface area contributed by atoms with Gasteiger partial charge in [0.25, 0.3) is 0 Å². The monoisotopic (exact) mass is 574 g/mol. The largest absolute Gasteiger partial charge is 0.437 e. The number of rotatable bonds is 9. The van der Waals surface area contributed by atoms with Crippen molar-refractivity contribution in [1.29, 1.82) is 0 Å². The van der Waals surface area contributed by atoms with Crippen molar-refractivity contribution >= 4 is 44.6 Å². The quantitative estimate of drug-likeness (QED) is 0.247. The maximum absolute atomic E-state index is 14.8. The highest BCUT2D eigenvalue weighted by Crippen LogP contribution is 2.36. The molecule has 0 bridgehead atoms. The minimum absolute atomic E-state index is 0.157. The van der Waals surface area contributed by atoms with Gasteiger partial charge in [-0.05, 0) is 49.2 Å². The number of benzene rings is 2. The van der Waals surface area contributed by atoms with Crippen LogP contribution >= 0.6 is 22.9 Å². The molecule has 0 radical (unpaired) electrons. The normalized spacial score (nSPS) is 15.7. The highest BCUT2D eigenvalue weighted by Gasteiger charge is 2.19. The maximum Gasteiger partial charge on any atom is 0.239 e. The van der Waals surface area contributed by atoms with Crippen molar-refractivity contribution in [3.8, 4) is 22.2 Å². The van der Waals surface area contributed by atoms with E-state index in [1.165, 1.54) is 23.5 Å². The van der Waals surface area contributed by atoms with Gasteiger partial charge in [-0.15, -0.1) is 11.3 Å². The third kappa shape index (κ3) is 6.57. The molecule has 5 rings (SSSR count). The van der Waals surface area contributed by atoms with Crippen LogP contribution in [-0.4, -0.2) is 42.5 Å². The lowest BCUT2D eigenvalue weighted by atomic mass is 10.1. The predicted molar refractivity (Wildman–Crippen MR) is 147 cm³/mol. The minimum atomic E-state index is -3.90. The van der Waals surface area contributed by atoms with Gasteiger partial charge in [0, 0.05) is 29.9 Å². The van der Waals surface area contributed by atoms with Gasteiger partial charge in [-0.3, -0.25) is 4.72 Å². The van der Waals surface area contributed by atoms with E-state index in [9.17, 15) is 12.8 Å². The Bertz CT molecular complexity index is 1530. The fourth-order valence-electron chi connectivity index (χ4n) is 3.97. The number of thiazole rings is 1. The van der Waals surface area contributed by atoms with E-state index in [2.05, 4.69) is 30.3 Å². The summed E-state index contributed by atoms with van der Waals surface area (Å²) < 4.78 is 48.1. The molecular formula is C25H24ClFN6O3S2. The third-order valence-electron chi connectivity index (χ3n) is 5.78. The van der Waals surface area contributed by atoms with Crippen LogP contribution in [0.2, 0.25) is 5.02 Å². The first-order chi connectivity index (χ1) is 18.4. The fraction of sp³-hybridized carbons (Fsp3) is 0.240. The molecular weight excluding hydrogens is 551 g/mol. The number of piperidine rings is 1. The summed E-state index contributed by atoms with van der Waals surface area (Å²) in [6.45, 7) is 1.86. The number of nitrogens with one attached hydrogen (secondary N) is 3. The second-order valence-electron chi connectivity index (χ2n) is 8.64. The van der Waals surface area contributed by atoms with Gasteiger partial charge >= 0.3 is 0 Å². The standard InChI is InChI=1S/C25H24ClFN6O3S2/c26-19-6-2-1-4-16(19)14-38(34,35)33-21-8-7-18(12-20(21)27)36-24-23(37-15-30-24)22-9-11-29-25(32-22)31-17-5-3-10-28-13-17/h1-2,4,6-9,11-12,15,17,28,33H,3,5,10,13-14H2,(H,29,31,32)/t17-/m0/s1. The molecule has 13 heteroatoms. The van der Waals surface area contributed by atoms with E-state index in [1.54, 1.807) is 42.0 Å². The molecule has 38 heavy (non-hydrogen) atoms. The lowest BCUT2D eigenvalue weighted by molar-refractivity contribution is 0.463. The van der Waals surface area contributed by atoms with Gasteiger partial charge in [0.05, 0.1) is 22.6 Å². The number of ether oxygens (including phenoxy) is 1. The SMILES string of the molecule is O=S(=O)(Cc1ccccc1Cl)Nc1ccc(Oc2ncsc2-c2ccnc(N[C@H]3CCCNC3)n2)cc1F. The van der Waals surface area contributed by atoms with Crippen molar-refractivity contribution in [3.63, 3.8) is 0 Å². The Morgan fingerprint density at radius 2 is 2.05 bits per heavy atom. The van der Waals surface area contributed by atoms with Gasteiger partial charge in [-0.25, -0.2) is 27.8 Å². The number of hydrogen-bond acceptors (Lipinski definition) is 9. The van der Waals surface area contributed by atoms with E-state index < -0.39 is 15.8 Å². The van der Waals surface area contributed by atoms with Crippen molar-refractivity contribution in [2.24, 2.45) is 0 Å². The molecule has 3 N–H and O–H groups in total. The van der Waals surface area contributed by atoms with E-state index in [-0.39, 0.29) is 29.1 Å². The molecule has 1 fully saturated rings. The molecule has 1 aliphatic heterocycles. The summed E-state index contributed by atoms with van der Waals surface area (Å²) >= 11 is 7.39. The number of nitrogens with zero attached hydrogens (tertiary/aromatic N) is 3. The Morgan fingerprint density at radius 3 is 2.84 bits per heavy atom. The number of hydrogen-bond donors (Lipinski definition) is 3. The van der Waals surface area contributed by atoms with Crippen LogP contribution < -0.4 is 20.1 Å². The van der Waals surface area contributed by atoms with Crippen LogP contribution in [0.4, 0.5) is 16.0 Å². The van der Waals surface area contributed by atoms with Gasteiger partial charge in [0.1, 0.15) is 10.6 Å². The summed E-state index contributed by atoms with van der Waals surface area (Å²) in [7, 11) is -3.90. The number of aromatic nitrogens is 3. The highest BCUT2D eigenvalue weighted by molar-refractivity contribution is 7.91. The summed E-state index contributed by atoms with van der Waals surface area (Å²) in [5, 5.41) is 7.01. The van der Waals surface area contributed by atoms with E-state index in [1.807, 2.05) is 0 Å². The van der Waals surface area contributed by atoms with Crippen molar-refractivity contribution in [3.05, 3.63) is 76.6 Å². The molecule has 0 amide bonds. The molecule has 1 atom stereocenters. The first kappa shape index (κ1) is 26.3. The van der Waals surface area contributed by atoms with E-state index in [0.717, 1.165) is 32.0 Å². The van der Waals surface area contributed by atoms with Crippen molar-refractivity contribution in [1.82, 2.24) is 20.3 Å². The Kier molecular flexibility index (Phi) is 8.03. The minimum Gasteiger partial charge on any atom is -0.437 e. The Labute approximate surface area is 228 Å². The van der Waals surface area contributed by atoms with Crippen LogP contribution in [0, 0.1) is 5.82 Å². The lowest BCUT2D eigenvalue weighted by Gasteiger charge is -2.23. The fourth-order valence-corrected chi connectivity index (χ4v) is 6.17. The second-order valence-corrected chi connectivity index (χ2v) is 11.6. The zero-order chi connectivity index (χ0) is 26.5. The Morgan fingerprint density at radius 1 is 1.18 bits per heavy atom. The van der Waals surface area contributed by atoms with Crippen molar-refractivity contribution in [2.75, 3.05) is 23.1 Å². The molecule has 1 saturated heterocycles. The van der Waals surface area contributed by atoms with Crippen LogP contribution in [-0.2, 0) is 15.8 Å². The van der Waals surface area contributed by atoms with Crippen LogP contribution in [0.25, 0.3) is 10.6 Å². The molecule has 0 aliphatic carbocycles. The molecule has 9 nitrogen and oxygen atoms in total. The first-order valence-corrected chi connectivity index (χ1v) is 14.7. The zero-order valence-corrected chi connectivity index (χ0v) is 22.4. The summed E-state index contributed by atoms with van der Waals surface area (Å²) in [4.78, 5) is 13.8. The summed E-state index contributed by atoms with van der Waals surface area (Å²) in [5.41, 5.74) is 2.44. The molecule has 1 aliphatic rings. The number of anilines is 2. The second kappa shape index (κ2) is 11.6. The van der Waals surface area contributed by atoms with Gasteiger partial charge in [-0.1, -0.05) is 29.8 Å². The van der Waals surface area contributed by atoms with Crippen LogP contribution in [0.15, 0.2) is 60.2 Å². The molecule has 2 aromatic carbocycles. The van der Waals surface area contributed by atoms with Crippen molar-refractivity contribution < 1.29 is 17.5 Å². The Balaban J connectivity index is 1.28. The maximum atomic E-state index is 14.8.